The Hall–Kier alpha value is -1.85. The molecule has 1 N–H and O–H groups in total. The van der Waals surface area contributed by atoms with E-state index in [0.29, 0.717) is 31.3 Å². The highest BCUT2D eigenvalue weighted by atomic mass is 16.5. The fraction of sp³-hybridized carbons (Fsp3) is 0.643. The highest BCUT2D eigenvalue weighted by Crippen LogP contribution is 2.32. The Balaban J connectivity index is 2.26. The van der Waals surface area contributed by atoms with Gasteiger partial charge in [-0.15, -0.1) is 0 Å². The largest absolute Gasteiger partial charge is 0.480 e. The zero-order valence-corrected chi connectivity index (χ0v) is 12.0. The number of nitrogens with zero attached hydrogens (tertiary/aromatic N) is 3. The summed E-state index contributed by atoms with van der Waals surface area (Å²) in [6.07, 6.45) is 6.54. The molecular weight excluding hydrogens is 258 g/mol. The lowest BCUT2D eigenvalue weighted by atomic mass is 9.88. The van der Waals surface area contributed by atoms with E-state index in [1.165, 1.54) is 0 Å². The molecule has 1 aliphatic heterocycles. The molecule has 1 atom stereocenters. The first kappa shape index (κ1) is 14.6. The van der Waals surface area contributed by atoms with Crippen molar-refractivity contribution in [2.24, 2.45) is 0 Å². The van der Waals surface area contributed by atoms with Crippen LogP contribution in [0.25, 0.3) is 0 Å². The highest BCUT2D eigenvalue weighted by Gasteiger charge is 2.42. The maximum Gasteiger partial charge on any atom is 0.329 e. The molecule has 1 saturated heterocycles. The van der Waals surface area contributed by atoms with Crippen molar-refractivity contribution >= 4 is 11.8 Å². The SMILES string of the molecule is CCCOc1cncc(N2CCCCC2(C)C(=O)O)n1. The van der Waals surface area contributed by atoms with E-state index >= 15 is 0 Å². The zero-order chi connectivity index (χ0) is 14.6. The molecule has 2 rings (SSSR count). The van der Waals surface area contributed by atoms with Crippen LogP contribution in [-0.4, -0.2) is 39.7 Å². The third-order valence-corrected chi connectivity index (χ3v) is 3.68. The minimum Gasteiger partial charge on any atom is -0.480 e. The lowest BCUT2D eigenvalue weighted by Gasteiger charge is -2.42. The number of aromatic nitrogens is 2. The van der Waals surface area contributed by atoms with Crippen LogP contribution >= 0.6 is 0 Å². The molecule has 0 bridgehead atoms. The minimum atomic E-state index is -0.920. The predicted octanol–water partition coefficient (Wildman–Crippen LogP) is 2.10. The van der Waals surface area contributed by atoms with Crippen LogP contribution in [0.4, 0.5) is 5.82 Å². The molecule has 0 aromatic carbocycles. The molecule has 1 fully saturated rings. The summed E-state index contributed by atoms with van der Waals surface area (Å²) in [5.41, 5.74) is -0.920. The van der Waals surface area contributed by atoms with Crippen LogP contribution in [0.3, 0.4) is 0 Å². The predicted molar refractivity (Wildman–Crippen MR) is 75.1 cm³/mol. The average Bonchev–Trinajstić information content (AvgIpc) is 2.45. The summed E-state index contributed by atoms with van der Waals surface area (Å²) >= 11 is 0. The maximum absolute atomic E-state index is 11.6. The summed E-state index contributed by atoms with van der Waals surface area (Å²) in [6, 6.07) is 0. The van der Waals surface area contributed by atoms with Crippen molar-refractivity contribution in [2.45, 2.75) is 45.1 Å². The molecule has 1 aliphatic rings. The maximum atomic E-state index is 11.6. The second kappa shape index (κ2) is 6.07. The molecule has 0 saturated carbocycles. The van der Waals surface area contributed by atoms with Crippen LogP contribution in [0.2, 0.25) is 0 Å². The number of ether oxygens (including phenoxy) is 1. The van der Waals surface area contributed by atoms with Gasteiger partial charge < -0.3 is 14.7 Å². The normalized spacial score (nSPS) is 22.6. The van der Waals surface area contributed by atoms with Gasteiger partial charge in [0.15, 0.2) is 5.82 Å². The summed E-state index contributed by atoms with van der Waals surface area (Å²) in [4.78, 5) is 21.9. The summed E-state index contributed by atoms with van der Waals surface area (Å²) in [7, 11) is 0. The van der Waals surface area contributed by atoms with E-state index in [4.69, 9.17) is 4.74 Å². The summed E-state index contributed by atoms with van der Waals surface area (Å²) in [6.45, 7) is 5.02. The number of carboxylic acid groups (broad SMARTS) is 1. The van der Waals surface area contributed by atoms with Crippen molar-refractivity contribution in [3.05, 3.63) is 12.4 Å². The Morgan fingerprint density at radius 1 is 1.50 bits per heavy atom. The second-order valence-corrected chi connectivity index (χ2v) is 5.25. The summed E-state index contributed by atoms with van der Waals surface area (Å²) < 4.78 is 5.47. The van der Waals surface area contributed by atoms with Crippen molar-refractivity contribution in [1.29, 1.82) is 0 Å². The van der Waals surface area contributed by atoms with E-state index in [1.54, 1.807) is 19.3 Å². The Morgan fingerprint density at radius 3 is 3.00 bits per heavy atom. The summed E-state index contributed by atoms with van der Waals surface area (Å²) in [5.74, 6) is 0.199. The van der Waals surface area contributed by atoms with E-state index in [0.717, 1.165) is 19.3 Å². The van der Waals surface area contributed by atoms with Crippen molar-refractivity contribution in [3.63, 3.8) is 0 Å². The molecule has 0 spiro atoms. The van der Waals surface area contributed by atoms with Crippen LogP contribution in [0.15, 0.2) is 12.4 Å². The smallest absolute Gasteiger partial charge is 0.329 e. The number of hydrogen-bond donors (Lipinski definition) is 1. The Labute approximate surface area is 118 Å². The van der Waals surface area contributed by atoms with Gasteiger partial charge in [-0.1, -0.05) is 6.92 Å². The van der Waals surface area contributed by atoms with Gasteiger partial charge in [0.1, 0.15) is 5.54 Å². The minimum absolute atomic E-state index is 0.447. The van der Waals surface area contributed by atoms with Crippen LogP contribution < -0.4 is 9.64 Å². The number of aliphatic carboxylic acids is 1. The number of piperidine rings is 1. The van der Waals surface area contributed by atoms with Gasteiger partial charge in [-0.05, 0) is 32.6 Å². The second-order valence-electron chi connectivity index (χ2n) is 5.25. The van der Waals surface area contributed by atoms with Gasteiger partial charge in [0, 0.05) is 6.54 Å². The van der Waals surface area contributed by atoms with Crippen LogP contribution in [0.1, 0.15) is 39.5 Å². The molecule has 6 heteroatoms. The molecule has 2 heterocycles. The lowest BCUT2D eigenvalue weighted by Crippen LogP contribution is -2.55. The third-order valence-electron chi connectivity index (χ3n) is 3.68. The topological polar surface area (TPSA) is 75.5 Å². The monoisotopic (exact) mass is 279 g/mol. The zero-order valence-electron chi connectivity index (χ0n) is 12.0. The van der Waals surface area contributed by atoms with E-state index in [1.807, 2.05) is 11.8 Å². The fourth-order valence-electron chi connectivity index (χ4n) is 2.46. The van der Waals surface area contributed by atoms with E-state index in [9.17, 15) is 9.90 Å². The highest BCUT2D eigenvalue weighted by molar-refractivity contribution is 5.82. The fourth-order valence-corrected chi connectivity index (χ4v) is 2.46. The first-order valence-electron chi connectivity index (χ1n) is 7.04. The molecule has 110 valence electrons. The van der Waals surface area contributed by atoms with Gasteiger partial charge >= 0.3 is 5.97 Å². The molecule has 0 radical (unpaired) electrons. The lowest BCUT2D eigenvalue weighted by molar-refractivity contribution is -0.143. The molecule has 0 amide bonds. The van der Waals surface area contributed by atoms with E-state index in [-0.39, 0.29) is 0 Å². The van der Waals surface area contributed by atoms with Gasteiger partial charge in [-0.25, -0.2) is 4.79 Å². The molecule has 6 nitrogen and oxygen atoms in total. The molecule has 1 aromatic heterocycles. The Kier molecular flexibility index (Phi) is 4.42. The average molecular weight is 279 g/mol. The van der Waals surface area contributed by atoms with Crippen LogP contribution in [0.5, 0.6) is 5.88 Å². The molecule has 20 heavy (non-hydrogen) atoms. The van der Waals surface area contributed by atoms with E-state index in [2.05, 4.69) is 9.97 Å². The standard InChI is InChI=1S/C14H21N3O3/c1-3-8-20-12-10-15-9-11(16-12)17-7-5-4-6-14(17,2)13(18)19/h9-10H,3-8H2,1-2H3,(H,18,19). The molecule has 1 unspecified atom stereocenters. The van der Waals surface area contributed by atoms with Crippen molar-refractivity contribution in [2.75, 3.05) is 18.1 Å². The van der Waals surface area contributed by atoms with E-state index < -0.39 is 11.5 Å². The number of hydrogen-bond acceptors (Lipinski definition) is 5. The number of rotatable bonds is 5. The molecule has 1 aromatic rings. The third kappa shape index (κ3) is 2.84. The number of anilines is 1. The van der Waals surface area contributed by atoms with Gasteiger partial charge in [-0.3, -0.25) is 4.98 Å². The van der Waals surface area contributed by atoms with Gasteiger partial charge in [0.2, 0.25) is 5.88 Å². The summed E-state index contributed by atoms with van der Waals surface area (Å²) in [5, 5.41) is 9.52. The van der Waals surface area contributed by atoms with Crippen LogP contribution in [-0.2, 0) is 4.79 Å². The van der Waals surface area contributed by atoms with Gasteiger partial charge in [0.05, 0.1) is 19.0 Å². The number of carboxylic acids is 1. The van der Waals surface area contributed by atoms with Gasteiger partial charge in [-0.2, -0.15) is 4.98 Å². The van der Waals surface area contributed by atoms with Crippen molar-refractivity contribution in [1.82, 2.24) is 9.97 Å². The first-order valence-corrected chi connectivity index (χ1v) is 7.04. The van der Waals surface area contributed by atoms with Crippen molar-refractivity contribution in [3.8, 4) is 5.88 Å². The quantitative estimate of drug-likeness (QED) is 0.889. The first-order chi connectivity index (χ1) is 9.58. The Morgan fingerprint density at radius 2 is 2.30 bits per heavy atom. The van der Waals surface area contributed by atoms with Crippen LogP contribution in [0, 0.1) is 0 Å². The molecule has 0 aliphatic carbocycles. The molecular formula is C14H21N3O3. The van der Waals surface area contributed by atoms with Crippen molar-refractivity contribution < 1.29 is 14.6 Å². The Bertz CT molecular complexity index is 480. The number of carbonyl (C=O) groups is 1. The van der Waals surface area contributed by atoms with Gasteiger partial charge in [0.25, 0.3) is 0 Å².